The van der Waals surface area contributed by atoms with Crippen molar-refractivity contribution in [3.05, 3.63) is 12.0 Å². The maximum absolute atomic E-state index is 10.9. The second-order valence-corrected chi connectivity index (χ2v) is 2.44. The number of hydrogen-bond acceptors (Lipinski definition) is 4. The van der Waals surface area contributed by atoms with Gasteiger partial charge in [-0.3, -0.25) is 4.79 Å². The molecule has 0 aliphatic carbocycles. The number of anilines is 1. The SMILES string of the molecule is CSC(=O)c1nc[nH]c1N. The van der Waals surface area contributed by atoms with Gasteiger partial charge < -0.3 is 10.7 Å². The van der Waals surface area contributed by atoms with E-state index in [1.165, 1.54) is 6.33 Å². The first-order valence-corrected chi connectivity index (χ1v) is 3.85. The maximum atomic E-state index is 10.9. The Balaban J connectivity index is 2.93. The Labute approximate surface area is 62.2 Å². The van der Waals surface area contributed by atoms with E-state index in [0.717, 1.165) is 11.8 Å². The summed E-state index contributed by atoms with van der Waals surface area (Å²) in [6.07, 6.45) is 3.09. The topological polar surface area (TPSA) is 71.8 Å². The zero-order valence-electron chi connectivity index (χ0n) is 5.42. The lowest BCUT2D eigenvalue weighted by atomic mass is 10.5. The van der Waals surface area contributed by atoms with Crippen LogP contribution in [0.15, 0.2) is 6.33 Å². The summed E-state index contributed by atoms with van der Waals surface area (Å²) in [5, 5.41) is -0.112. The van der Waals surface area contributed by atoms with Gasteiger partial charge in [0.2, 0.25) is 5.12 Å². The first kappa shape index (κ1) is 7.14. The molecular formula is C5H7N3OS. The van der Waals surface area contributed by atoms with Crippen LogP contribution in [0, 0.1) is 0 Å². The number of hydrogen-bond donors (Lipinski definition) is 2. The zero-order valence-corrected chi connectivity index (χ0v) is 6.23. The zero-order chi connectivity index (χ0) is 7.56. The molecule has 5 heteroatoms. The predicted molar refractivity (Wildman–Crippen MR) is 40.8 cm³/mol. The summed E-state index contributed by atoms with van der Waals surface area (Å²) in [6, 6.07) is 0. The van der Waals surface area contributed by atoms with E-state index in [0.29, 0.717) is 11.5 Å². The first-order chi connectivity index (χ1) is 4.75. The fourth-order valence-corrected chi connectivity index (χ4v) is 0.920. The molecule has 0 unspecified atom stereocenters. The van der Waals surface area contributed by atoms with Crippen LogP contribution >= 0.6 is 11.8 Å². The lowest BCUT2D eigenvalue weighted by Gasteiger charge is -1.90. The monoisotopic (exact) mass is 157 g/mol. The second kappa shape index (κ2) is 2.74. The summed E-state index contributed by atoms with van der Waals surface area (Å²) < 4.78 is 0. The highest BCUT2D eigenvalue weighted by atomic mass is 32.2. The van der Waals surface area contributed by atoms with Crippen molar-refractivity contribution in [1.82, 2.24) is 9.97 Å². The molecule has 0 spiro atoms. The van der Waals surface area contributed by atoms with Gasteiger partial charge in [0.1, 0.15) is 5.82 Å². The normalized spacial score (nSPS) is 9.70. The van der Waals surface area contributed by atoms with Crippen LogP contribution in [-0.2, 0) is 0 Å². The minimum atomic E-state index is -0.112. The average molecular weight is 157 g/mol. The van der Waals surface area contributed by atoms with E-state index in [4.69, 9.17) is 5.73 Å². The van der Waals surface area contributed by atoms with Crippen LogP contribution in [0.1, 0.15) is 10.5 Å². The minimum Gasteiger partial charge on any atom is -0.383 e. The van der Waals surface area contributed by atoms with Crippen molar-refractivity contribution >= 4 is 22.7 Å². The molecule has 0 aliphatic heterocycles. The molecule has 0 bridgehead atoms. The molecular weight excluding hydrogens is 150 g/mol. The fourth-order valence-electron chi connectivity index (χ4n) is 0.564. The van der Waals surface area contributed by atoms with Gasteiger partial charge in [-0.1, -0.05) is 11.8 Å². The Morgan fingerprint density at radius 1 is 1.90 bits per heavy atom. The quantitative estimate of drug-likeness (QED) is 0.622. The molecule has 0 fully saturated rings. The van der Waals surface area contributed by atoms with Crippen molar-refractivity contribution in [1.29, 1.82) is 0 Å². The van der Waals surface area contributed by atoms with Gasteiger partial charge in [0.15, 0.2) is 5.69 Å². The number of imidazole rings is 1. The molecule has 4 nitrogen and oxygen atoms in total. The van der Waals surface area contributed by atoms with Crippen LogP contribution in [0.3, 0.4) is 0 Å². The van der Waals surface area contributed by atoms with E-state index in [1.54, 1.807) is 6.26 Å². The molecule has 0 aromatic carbocycles. The molecule has 0 atom stereocenters. The number of thioether (sulfide) groups is 1. The summed E-state index contributed by atoms with van der Waals surface area (Å²) in [6.45, 7) is 0. The molecule has 0 aliphatic rings. The highest BCUT2D eigenvalue weighted by Crippen LogP contribution is 2.11. The van der Waals surface area contributed by atoms with E-state index >= 15 is 0 Å². The maximum Gasteiger partial charge on any atom is 0.241 e. The molecule has 0 radical (unpaired) electrons. The third-order valence-corrected chi connectivity index (χ3v) is 1.61. The van der Waals surface area contributed by atoms with E-state index in [-0.39, 0.29) is 5.12 Å². The summed E-state index contributed by atoms with van der Waals surface area (Å²) in [7, 11) is 0. The molecule has 10 heavy (non-hydrogen) atoms. The highest BCUT2D eigenvalue weighted by Gasteiger charge is 2.09. The number of carbonyl (C=O) groups excluding carboxylic acids is 1. The van der Waals surface area contributed by atoms with Gasteiger partial charge >= 0.3 is 0 Å². The van der Waals surface area contributed by atoms with Crippen LogP contribution in [0.4, 0.5) is 5.82 Å². The molecule has 1 aromatic rings. The summed E-state index contributed by atoms with van der Waals surface area (Å²) in [5.74, 6) is 0.333. The molecule has 0 saturated carbocycles. The molecule has 3 N–H and O–H groups in total. The number of nitrogens with zero attached hydrogens (tertiary/aromatic N) is 1. The molecule has 1 aromatic heterocycles. The van der Waals surface area contributed by atoms with Crippen molar-refractivity contribution in [3.8, 4) is 0 Å². The van der Waals surface area contributed by atoms with Crippen LogP contribution in [0.2, 0.25) is 0 Å². The summed E-state index contributed by atoms with van der Waals surface area (Å²) in [5.41, 5.74) is 5.68. The van der Waals surface area contributed by atoms with Crippen molar-refractivity contribution in [2.45, 2.75) is 0 Å². The van der Waals surface area contributed by atoms with Crippen LogP contribution in [-0.4, -0.2) is 21.3 Å². The number of carbonyl (C=O) groups is 1. The fraction of sp³-hybridized carbons (Fsp3) is 0.200. The van der Waals surface area contributed by atoms with Crippen molar-refractivity contribution in [3.63, 3.8) is 0 Å². The Morgan fingerprint density at radius 2 is 2.60 bits per heavy atom. The molecule has 54 valence electrons. The van der Waals surface area contributed by atoms with Gasteiger partial charge in [-0.2, -0.15) is 0 Å². The van der Waals surface area contributed by atoms with E-state index < -0.39 is 0 Å². The van der Waals surface area contributed by atoms with Crippen LogP contribution in [0.25, 0.3) is 0 Å². The predicted octanol–water partition coefficient (Wildman–Crippen LogP) is 0.495. The molecule has 1 rings (SSSR count). The Morgan fingerprint density at radius 3 is 3.00 bits per heavy atom. The molecule has 0 saturated heterocycles. The van der Waals surface area contributed by atoms with E-state index in [9.17, 15) is 4.79 Å². The van der Waals surface area contributed by atoms with E-state index in [1.807, 2.05) is 0 Å². The van der Waals surface area contributed by atoms with Gasteiger partial charge in [-0.15, -0.1) is 0 Å². The second-order valence-electron chi connectivity index (χ2n) is 1.66. The third-order valence-electron chi connectivity index (χ3n) is 1.05. The number of aromatic nitrogens is 2. The standard InChI is InChI=1S/C5H7N3OS/c1-10-5(9)3-4(6)8-2-7-3/h2H,6H2,1H3,(H,7,8). The minimum absolute atomic E-state index is 0.112. The van der Waals surface area contributed by atoms with E-state index in [2.05, 4.69) is 9.97 Å². The van der Waals surface area contributed by atoms with Gasteiger partial charge in [0, 0.05) is 0 Å². The number of rotatable bonds is 1. The van der Waals surface area contributed by atoms with Gasteiger partial charge in [-0.25, -0.2) is 4.98 Å². The lowest BCUT2D eigenvalue weighted by Crippen LogP contribution is -1.98. The highest BCUT2D eigenvalue weighted by molar-refractivity contribution is 8.13. The Kier molecular flexibility index (Phi) is 1.96. The Bertz CT molecular complexity index is 245. The largest absolute Gasteiger partial charge is 0.383 e. The number of H-pyrrole nitrogens is 1. The Hall–Kier alpha value is -0.970. The molecule has 0 amide bonds. The smallest absolute Gasteiger partial charge is 0.241 e. The van der Waals surface area contributed by atoms with Crippen molar-refractivity contribution in [2.24, 2.45) is 0 Å². The third kappa shape index (κ3) is 1.13. The lowest BCUT2D eigenvalue weighted by molar-refractivity contribution is 0.108. The summed E-state index contributed by atoms with van der Waals surface area (Å²) >= 11 is 1.10. The number of nitrogens with two attached hydrogens (primary N) is 1. The number of nitrogen functional groups attached to an aromatic ring is 1. The van der Waals surface area contributed by atoms with Crippen LogP contribution in [0.5, 0.6) is 0 Å². The average Bonchev–Trinajstić information content (AvgIpc) is 2.34. The first-order valence-electron chi connectivity index (χ1n) is 2.63. The van der Waals surface area contributed by atoms with Crippen molar-refractivity contribution in [2.75, 3.05) is 12.0 Å². The van der Waals surface area contributed by atoms with Gasteiger partial charge in [0.05, 0.1) is 6.33 Å². The van der Waals surface area contributed by atoms with Gasteiger partial charge in [-0.05, 0) is 6.26 Å². The van der Waals surface area contributed by atoms with Gasteiger partial charge in [0.25, 0.3) is 0 Å². The van der Waals surface area contributed by atoms with Crippen LogP contribution < -0.4 is 5.73 Å². The van der Waals surface area contributed by atoms with Crippen molar-refractivity contribution < 1.29 is 4.79 Å². The number of nitrogens with one attached hydrogen (secondary N) is 1. The summed E-state index contributed by atoms with van der Waals surface area (Å²) in [4.78, 5) is 17.2. The molecule has 1 heterocycles. The number of aromatic amines is 1.